The molecule has 0 aromatic heterocycles. The number of carbonyl (C=O) groups excluding carboxylic acids is 1. The average Bonchev–Trinajstić information content (AvgIpc) is 2.60. The van der Waals surface area contributed by atoms with Crippen LogP contribution in [0.25, 0.3) is 0 Å². The molecule has 0 aliphatic rings. The molecule has 0 fully saturated rings. The van der Waals surface area contributed by atoms with Crippen molar-refractivity contribution in [2.75, 3.05) is 18.9 Å². The Morgan fingerprint density at radius 3 is 2.62 bits per heavy atom. The minimum Gasteiger partial charge on any atom is -0.478 e. The van der Waals surface area contributed by atoms with E-state index in [1.807, 2.05) is 30.3 Å². The molecule has 2 rings (SSSR count). The number of benzene rings is 2. The van der Waals surface area contributed by atoms with Crippen molar-refractivity contribution in [3.05, 3.63) is 60.4 Å². The minimum atomic E-state index is -0.413. The van der Waals surface area contributed by atoms with Crippen LogP contribution >= 0.6 is 11.8 Å². The zero-order valence-corrected chi connectivity index (χ0v) is 13.9. The first-order valence-corrected chi connectivity index (χ1v) is 8.52. The van der Waals surface area contributed by atoms with Crippen molar-refractivity contribution < 1.29 is 13.9 Å². The molecule has 0 atom stereocenters. The molecular formula is C19H18FNO2S. The lowest BCUT2D eigenvalue weighted by atomic mass is 10.3. The standard InChI is InChI=1S/C19H18FNO2S/c20-17-10-4-5-11-18(17)23-14-7-6-13-21-19(22)12-15-24-16-8-2-1-3-9-16/h1-5,8-11H,12-15H2,(H,21,22). The fraction of sp³-hybridized carbons (Fsp3) is 0.211. The Labute approximate surface area is 145 Å². The summed E-state index contributed by atoms with van der Waals surface area (Å²) < 4.78 is 18.5. The number of nitrogens with one attached hydrogen (secondary N) is 1. The second-order valence-electron chi connectivity index (χ2n) is 4.76. The summed E-state index contributed by atoms with van der Waals surface area (Å²) in [6, 6.07) is 16.1. The Morgan fingerprint density at radius 1 is 1.08 bits per heavy atom. The third kappa shape index (κ3) is 6.76. The van der Waals surface area contributed by atoms with Crippen LogP contribution in [0.15, 0.2) is 59.5 Å². The van der Waals surface area contributed by atoms with Crippen molar-refractivity contribution in [1.82, 2.24) is 5.32 Å². The molecule has 1 amide bonds. The number of hydrogen-bond donors (Lipinski definition) is 1. The molecule has 1 N–H and O–H groups in total. The normalized spacial score (nSPS) is 9.71. The van der Waals surface area contributed by atoms with Crippen LogP contribution in [0.4, 0.5) is 4.39 Å². The summed E-state index contributed by atoms with van der Waals surface area (Å²) >= 11 is 1.64. The Hall–Kier alpha value is -2.45. The van der Waals surface area contributed by atoms with E-state index in [-0.39, 0.29) is 24.8 Å². The predicted octanol–water partition coefficient (Wildman–Crippen LogP) is 3.51. The number of halogens is 1. The van der Waals surface area contributed by atoms with Gasteiger partial charge in [-0.25, -0.2) is 4.39 Å². The van der Waals surface area contributed by atoms with Crippen LogP contribution in [0, 0.1) is 17.7 Å². The maximum Gasteiger partial charge on any atom is 0.221 e. The maximum atomic E-state index is 13.3. The molecule has 2 aromatic carbocycles. The number of carbonyl (C=O) groups is 1. The third-order valence-corrected chi connectivity index (χ3v) is 3.99. The predicted molar refractivity (Wildman–Crippen MR) is 94.5 cm³/mol. The molecule has 3 nitrogen and oxygen atoms in total. The van der Waals surface area contributed by atoms with Gasteiger partial charge in [0.1, 0.15) is 6.61 Å². The fourth-order valence-electron chi connectivity index (χ4n) is 1.80. The van der Waals surface area contributed by atoms with E-state index in [0.717, 1.165) is 10.6 Å². The van der Waals surface area contributed by atoms with Crippen LogP contribution in [0.3, 0.4) is 0 Å². The van der Waals surface area contributed by atoms with E-state index < -0.39 is 5.82 Å². The van der Waals surface area contributed by atoms with Crippen molar-refractivity contribution in [2.45, 2.75) is 11.3 Å². The molecule has 5 heteroatoms. The number of rotatable bonds is 7. The highest BCUT2D eigenvalue weighted by atomic mass is 32.2. The summed E-state index contributed by atoms with van der Waals surface area (Å²) in [5, 5.41) is 2.72. The lowest BCUT2D eigenvalue weighted by molar-refractivity contribution is -0.120. The van der Waals surface area contributed by atoms with E-state index in [2.05, 4.69) is 17.2 Å². The van der Waals surface area contributed by atoms with Gasteiger partial charge in [0.05, 0.1) is 6.54 Å². The van der Waals surface area contributed by atoms with E-state index in [1.165, 1.54) is 6.07 Å². The molecule has 0 aliphatic carbocycles. The van der Waals surface area contributed by atoms with E-state index in [9.17, 15) is 9.18 Å². The Kier molecular flexibility index (Phi) is 7.72. The fourth-order valence-corrected chi connectivity index (χ4v) is 2.67. The van der Waals surface area contributed by atoms with Crippen LogP contribution < -0.4 is 10.1 Å². The molecule has 0 spiro atoms. The molecule has 124 valence electrons. The molecule has 0 aliphatic heterocycles. The van der Waals surface area contributed by atoms with Gasteiger partial charge in [-0.2, -0.15) is 0 Å². The minimum absolute atomic E-state index is 0.0391. The van der Waals surface area contributed by atoms with E-state index in [4.69, 9.17) is 4.74 Å². The summed E-state index contributed by atoms with van der Waals surface area (Å²) in [5.41, 5.74) is 0. The van der Waals surface area contributed by atoms with E-state index >= 15 is 0 Å². The Bertz CT molecular complexity index is 710. The number of hydrogen-bond acceptors (Lipinski definition) is 3. The van der Waals surface area contributed by atoms with Crippen molar-refractivity contribution in [1.29, 1.82) is 0 Å². The first kappa shape index (κ1) is 17.9. The number of ether oxygens (including phenoxy) is 1. The summed E-state index contributed by atoms with van der Waals surface area (Å²) in [7, 11) is 0. The number of amides is 1. The van der Waals surface area contributed by atoms with Gasteiger partial charge in [-0.3, -0.25) is 4.79 Å². The second-order valence-corrected chi connectivity index (χ2v) is 5.93. The van der Waals surface area contributed by atoms with Crippen LogP contribution in [0.5, 0.6) is 5.75 Å². The van der Waals surface area contributed by atoms with Gasteiger partial charge in [0, 0.05) is 17.1 Å². The van der Waals surface area contributed by atoms with Gasteiger partial charge in [0.2, 0.25) is 5.91 Å². The van der Waals surface area contributed by atoms with Gasteiger partial charge in [0.25, 0.3) is 0 Å². The second kappa shape index (κ2) is 10.3. The van der Waals surface area contributed by atoms with Crippen molar-refractivity contribution in [3.8, 4) is 17.6 Å². The molecular weight excluding hydrogens is 325 g/mol. The summed E-state index contributed by atoms with van der Waals surface area (Å²) in [6.45, 7) is 0.343. The largest absolute Gasteiger partial charge is 0.478 e. The Morgan fingerprint density at radius 2 is 1.83 bits per heavy atom. The number of thioether (sulfide) groups is 1. The molecule has 0 saturated carbocycles. The Balaban J connectivity index is 1.57. The summed E-state index contributed by atoms with van der Waals surface area (Å²) in [6.07, 6.45) is 0.437. The molecule has 0 bridgehead atoms. The molecule has 0 radical (unpaired) electrons. The first-order chi connectivity index (χ1) is 11.8. The van der Waals surface area contributed by atoms with Gasteiger partial charge in [-0.05, 0) is 24.3 Å². The molecule has 0 unspecified atom stereocenters. The average molecular weight is 343 g/mol. The number of para-hydroxylation sites is 1. The van der Waals surface area contributed by atoms with Gasteiger partial charge >= 0.3 is 0 Å². The van der Waals surface area contributed by atoms with Crippen molar-refractivity contribution in [2.24, 2.45) is 0 Å². The highest BCUT2D eigenvalue weighted by molar-refractivity contribution is 7.99. The highest BCUT2D eigenvalue weighted by Gasteiger charge is 2.01. The quantitative estimate of drug-likeness (QED) is 0.618. The maximum absolute atomic E-state index is 13.3. The van der Waals surface area contributed by atoms with Crippen LogP contribution in [0.1, 0.15) is 6.42 Å². The van der Waals surface area contributed by atoms with Gasteiger partial charge in [-0.15, -0.1) is 11.8 Å². The lowest BCUT2D eigenvalue weighted by Gasteiger charge is -2.03. The molecule has 0 heterocycles. The highest BCUT2D eigenvalue weighted by Crippen LogP contribution is 2.17. The van der Waals surface area contributed by atoms with Gasteiger partial charge in [0.15, 0.2) is 11.6 Å². The smallest absolute Gasteiger partial charge is 0.221 e. The molecule has 2 aromatic rings. The topological polar surface area (TPSA) is 38.3 Å². The van der Waals surface area contributed by atoms with E-state index in [0.29, 0.717) is 6.42 Å². The van der Waals surface area contributed by atoms with Crippen molar-refractivity contribution >= 4 is 17.7 Å². The summed E-state index contributed by atoms with van der Waals surface area (Å²) in [4.78, 5) is 12.8. The third-order valence-electron chi connectivity index (χ3n) is 2.98. The van der Waals surface area contributed by atoms with E-state index in [1.54, 1.807) is 30.0 Å². The zero-order valence-electron chi connectivity index (χ0n) is 13.1. The van der Waals surface area contributed by atoms with Gasteiger partial charge < -0.3 is 10.1 Å². The molecule has 24 heavy (non-hydrogen) atoms. The monoisotopic (exact) mass is 343 g/mol. The zero-order chi connectivity index (χ0) is 17.0. The van der Waals surface area contributed by atoms with Crippen LogP contribution in [-0.2, 0) is 4.79 Å². The first-order valence-electron chi connectivity index (χ1n) is 7.53. The lowest BCUT2D eigenvalue weighted by Crippen LogP contribution is -2.23. The van der Waals surface area contributed by atoms with Crippen LogP contribution in [-0.4, -0.2) is 24.8 Å². The van der Waals surface area contributed by atoms with Crippen LogP contribution in [0.2, 0.25) is 0 Å². The van der Waals surface area contributed by atoms with Gasteiger partial charge in [-0.1, -0.05) is 42.2 Å². The molecule has 0 saturated heterocycles. The summed E-state index contributed by atoms with van der Waals surface area (Å²) in [5.74, 6) is 5.96. The SMILES string of the molecule is O=C(CCSc1ccccc1)NCC#CCOc1ccccc1F. The van der Waals surface area contributed by atoms with Crippen molar-refractivity contribution in [3.63, 3.8) is 0 Å².